The lowest BCUT2D eigenvalue weighted by Gasteiger charge is -2.16. The number of urea groups is 1. The van der Waals surface area contributed by atoms with E-state index >= 15 is 0 Å². The zero-order chi connectivity index (χ0) is 19.3. The lowest BCUT2D eigenvalue weighted by molar-refractivity contribution is -0.274. The third-order valence-corrected chi connectivity index (χ3v) is 3.35. The van der Waals surface area contributed by atoms with Crippen molar-refractivity contribution in [3.63, 3.8) is 0 Å². The number of rotatable bonds is 5. The second-order valence-corrected chi connectivity index (χ2v) is 5.38. The van der Waals surface area contributed by atoms with Crippen LogP contribution in [0.5, 0.6) is 5.75 Å². The average Bonchev–Trinajstić information content (AvgIpc) is 2.53. The Morgan fingerprint density at radius 3 is 2.35 bits per heavy atom. The Morgan fingerprint density at radius 2 is 1.77 bits per heavy atom. The van der Waals surface area contributed by atoms with Crippen LogP contribution in [0.25, 0.3) is 0 Å². The van der Waals surface area contributed by atoms with E-state index in [1.54, 1.807) is 25.1 Å². The minimum Gasteiger partial charge on any atom is -0.406 e. The van der Waals surface area contributed by atoms with E-state index in [-0.39, 0.29) is 5.75 Å². The first kappa shape index (κ1) is 19.1. The van der Waals surface area contributed by atoms with E-state index < -0.39 is 24.3 Å². The normalized spacial score (nSPS) is 12.2. The van der Waals surface area contributed by atoms with E-state index in [9.17, 15) is 22.8 Å². The summed E-state index contributed by atoms with van der Waals surface area (Å²) < 4.78 is 40.3. The molecular formula is C17H16F3N3O3. The minimum absolute atomic E-state index is 0.292. The molecular weight excluding hydrogens is 351 g/mol. The van der Waals surface area contributed by atoms with Gasteiger partial charge in [-0.25, -0.2) is 4.79 Å². The number of amides is 3. The molecule has 0 radical (unpaired) electrons. The van der Waals surface area contributed by atoms with Crippen LogP contribution in [0.4, 0.5) is 23.7 Å². The monoisotopic (exact) mass is 367 g/mol. The van der Waals surface area contributed by atoms with Crippen molar-refractivity contribution in [2.24, 2.45) is 5.73 Å². The van der Waals surface area contributed by atoms with Crippen LogP contribution in [0.3, 0.4) is 0 Å². The van der Waals surface area contributed by atoms with Crippen molar-refractivity contribution in [1.29, 1.82) is 0 Å². The standard InChI is InChI=1S/C17H16F3N3O3/c1-10(11-5-7-14(8-6-11)26-17(18,19)20)22-15(24)12-3-2-4-13(9-12)23-16(21)25/h2-10H,1H3,(H,22,24)(H3,21,23,25)/t10-/m1/s1. The summed E-state index contributed by atoms with van der Waals surface area (Å²) in [5.41, 5.74) is 6.28. The van der Waals surface area contributed by atoms with Crippen LogP contribution in [0.2, 0.25) is 0 Å². The average molecular weight is 367 g/mol. The molecule has 0 saturated heterocycles. The smallest absolute Gasteiger partial charge is 0.406 e. The maximum atomic E-state index is 12.3. The van der Waals surface area contributed by atoms with Crippen molar-refractivity contribution < 1.29 is 27.5 Å². The Bertz CT molecular complexity index is 792. The number of hydrogen-bond acceptors (Lipinski definition) is 3. The Morgan fingerprint density at radius 1 is 1.12 bits per heavy atom. The second-order valence-electron chi connectivity index (χ2n) is 5.38. The predicted octanol–water partition coefficient (Wildman–Crippen LogP) is 3.57. The lowest BCUT2D eigenvalue weighted by Crippen LogP contribution is -2.27. The van der Waals surface area contributed by atoms with Crippen molar-refractivity contribution in [3.8, 4) is 5.75 Å². The maximum absolute atomic E-state index is 12.3. The van der Waals surface area contributed by atoms with Gasteiger partial charge in [0.25, 0.3) is 5.91 Å². The molecule has 0 aliphatic carbocycles. The van der Waals surface area contributed by atoms with Crippen LogP contribution >= 0.6 is 0 Å². The van der Waals surface area contributed by atoms with Gasteiger partial charge in [0.2, 0.25) is 0 Å². The summed E-state index contributed by atoms with van der Waals surface area (Å²) in [7, 11) is 0. The number of nitrogens with one attached hydrogen (secondary N) is 2. The fourth-order valence-corrected chi connectivity index (χ4v) is 2.20. The first-order valence-corrected chi connectivity index (χ1v) is 7.47. The van der Waals surface area contributed by atoms with E-state index in [1.807, 2.05) is 0 Å². The van der Waals surface area contributed by atoms with Crippen molar-refractivity contribution in [2.75, 3.05) is 5.32 Å². The number of anilines is 1. The van der Waals surface area contributed by atoms with Gasteiger partial charge >= 0.3 is 12.4 Å². The Hall–Kier alpha value is -3.23. The summed E-state index contributed by atoms with van der Waals surface area (Å²) >= 11 is 0. The molecule has 4 N–H and O–H groups in total. The molecule has 0 bridgehead atoms. The highest BCUT2D eigenvalue weighted by molar-refractivity contribution is 5.96. The highest BCUT2D eigenvalue weighted by Crippen LogP contribution is 2.24. The number of benzene rings is 2. The van der Waals surface area contributed by atoms with Gasteiger partial charge in [-0.2, -0.15) is 0 Å². The van der Waals surface area contributed by atoms with Crippen LogP contribution in [0.1, 0.15) is 28.9 Å². The Balaban J connectivity index is 2.03. The number of primary amides is 1. The van der Waals surface area contributed by atoms with E-state index in [0.29, 0.717) is 16.8 Å². The molecule has 0 fully saturated rings. The molecule has 6 nitrogen and oxygen atoms in total. The fraction of sp³-hybridized carbons (Fsp3) is 0.176. The molecule has 0 aromatic heterocycles. The summed E-state index contributed by atoms with van der Waals surface area (Å²) in [5.74, 6) is -0.758. The molecule has 2 rings (SSSR count). The summed E-state index contributed by atoms with van der Waals surface area (Å²) in [4.78, 5) is 23.1. The molecule has 0 aliphatic heterocycles. The highest BCUT2D eigenvalue weighted by Gasteiger charge is 2.31. The molecule has 0 saturated carbocycles. The zero-order valence-corrected chi connectivity index (χ0v) is 13.6. The van der Waals surface area contributed by atoms with Crippen molar-refractivity contribution in [2.45, 2.75) is 19.3 Å². The first-order valence-electron chi connectivity index (χ1n) is 7.47. The maximum Gasteiger partial charge on any atom is 0.573 e. The number of carbonyl (C=O) groups excluding carboxylic acids is 2. The van der Waals surface area contributed by atoms with Gasteiger partial charge in [-0.3, -0.25) is 4.79 Å². The number of hydrogen-bond donors (Lipinski definition) is 3. The molecule has 1 atom stereocenters. The highest BCUT2D eigenvalue weighted by atomic mass is 19.4. The number of ether oxygens (including phenoxy) is 1. The molecule has 2 aromatic carbocycles. The van der Waals surface area contributed by atoms with Crippen LogP contribution in [-0.4, -0.2) is 18.3 Å². The van der Waals surface area contributed by atoms with Gasteiger partial charge in [0.15, 0.2) is 0 Å². The molecule has 0 aliphatic rings. The lowest BCUT2D eigenvalue weighted by atomic mass is 10.1. The predicted molar refractivity (Wildman–Crippen MR) is 88.7 cm³/mol. The Kier molecular flexibility index (Phi) is 5.71. The fourth-order valence-electron chi connectivity index (χ4n) is 2.20. The molecule has 2 aromatic rings. The number of nitrogens with two attached hydrogens (primary N) is 1. The van der Waals surface area contributed by atoms with Crippen molar-refractivity contribution >= 4 is 17.6 Å². The van der Waals surface area contributed by atoms with E-state index in [4.69, 9.17) is 5.73 Å². The van der Waals surface area contributed by atoms with Gasteiger partial charge in [0.05, 0.1) is 6.04 Å². The zero-order valence-electron chi connectivity index (χ0n) is 13.6. The van der Waals surface area contributed by atoms with Gasteiger partial charge in [0, 0.05) is 11.3 Å². The number of alkyl halides is 3. The Labute approximate surface area is 147 Å². The van der Waals surface area contributed by atoms with Crippen molar-refractivity contribution in [3.05, 3.63) is 59.7 Å². The van der Waals surface area contributed by atoms with Crippen LogP contribution < -0.4 is 21.1 Å². The largest absolute Gasteiger partial charge is 0.573 e. The van der Waals surface area contributed by atoms with E-state index in [1.165, 1.54) is 30.3 Å². The summed E-state index contributed by atoms with van der Waals surface area (Å²) in [6.45, 7) is 1.68. The molecule has 3 amide bonds. The van der Waals surface area contributed by atoms with Gasteiger partial charge in [-0.15, -0.1) is 13.2 Å². The topological polar surface area (TPSA) is 93.5 Å². The first-order chi connectivity index (χ1) is 12.1. The van der Waals surface area contributed by atoms with E-state index in [2.05, 4.69) is 15.4 Å². The third kappa shape index (κ3) is 5.69. The van der Waals surface area contributed by atoms with Crippen LogP contribution in [-0.2, 0) is 0 Å². The number of halogens is 3. The minimum atomic E-state index is -4.76. The van der Waals surface area contributed by atoms with E-state index in [0.717, 1.165) is 0 Å². The van der Waals surface area contributed by atoms with Gasteiger partial charge in [-0.05, 0) is 42.8 Å². The molecule has 138 valence electrons. The molecule has 0 unspecified atom stereocenters. The molecule has 26 heavy (non-hydrogen) atoms. The molecule has 9 heteroatoms. The van der Waals surface area contributed by atoms with Crippen LogP contribution in [0.15, 0.2) is 48.5 Å². The van der Waals surface area contributed by atoms with Gasteiger partial charge < -0.3 is 21.1 Å². The summed E-state index contributed by atoms with van der Waals surface area (Å²) in [6, 6.07) is 10.1. The summed E-state index contributed by atoms with van der Waals surface area (Å²) in [6.07, 6.45) is -4.76. The number of carbonyl (C=O) groups is 2. The van der Waals surface area contributed by atoms with Crippen molar-refractivity contribution in [1.82, 2.24) is 5.32 Å². The molecule has 0 heterocycles. The van der Waals surface area contributed by atoms with Gasteiger partial charge in [0.1, 0.15) is 5.75 Å². The quantitative estimate of drug-likeness (QED) is 0.754. The SMILES string of the molecule is C[C@@H](NC(=O)c1cccc(NC(N)=O)c1)c1ccc(OC(F)(F)F)cc1. The summed E-state index contributed by atoms with van der Waals surface area (Å²) in [5, 5.41) is 5.08. The van der Waals surface area contributed by atoms with Crippen LogP contribution in [0, 0.1) is 0 Å². The third-order valence-electron chi connectivity index (χ3n) is 3.35. The second kappa shape index (κ2) is 7.77. The molecule has 0 spiro atoms. The van der Waals surface area contributed by atoms with Gasteiger partial charge in [-0.1, -0.05) is 18.2 Å².